The maximum Gasteiger partial charge on any atom is 0.327 e. The van der Waals surface area contributed by atoms with Crippen LogP contribution in [0.15, 0.2) is 30.3 Å². The molecule has 18 heavy (non-hydrogen) atoms. The Bertz CT molecular complexity index is 365. The number of esters is 1. The van der Waals surface area contributed by atoms with Gasteiger partial charge in [0.05, 0.1) is 7.11 Å². The fourth-order valence-electron chi connectivity index (χ4n) is 2.37. The van der Waals surface area contributed by atoms with Crippen LogP contribution >= 0.6 is 0 Å². The summed E-state index contributed by atoms with van der Waals surface area (Å²) in [4.78, 5) is 14.3. The Kier molecular flexibility index (Phi) is 5.35. The van der Waals surface area contributed by atoms with Gasteiger partial charge in [0.1, 0.15) is 6.04 Å². The Labute approximate surface area is 110 Å². The minimum absolute atomic E-state index is 0.205. The summed E-state index contributed by atoms with van der Waals surface area (Å²) < 4.78 is 4.97. The van der Waals surface area contributed by atoms with Crippen molar-refractivity contribution in [3.05, 3.63) is 35.9 Å². The molecule has 0 heterocycles. The van der Waals surface area contributed by atoms with Gasteiger partial charge >= 0.3 is 5.97 Å². The molecule has 0 saturated heterocycles. The van der Waals surface area contributed by atoms with E-state index < -0.39 is 0 Å². The SMILES string of the molecule is COC(=O)C(c1ccccc1)N(C(C)C)C(C)C. The molecule has 0 amide bonds. The number of carbonyl (C=O) groups is 1. The van der Waals surface area contributed by atoms with Crippen molar-refractivity contribution in [3.8, 4) is 0 Å². The van der Waals surface area contributed by atoms with Crippen molar-refractivity contribution in [1.82, 2.24) is 4.90 Å². The van der Waals surface area contributed by atoms with E-state index in [4.69, 9.17) is 4.74 Å². The van der Waals surface area contributed by atoms with Gasteiger partial charge in [0.2, 0.25) is 0 Å². The first-order valence-corrected chi connectivity index (χ1v) is 6.39. The molecular weight excluding hydrogens is 226 g/mol. The molecule has 0 spiro atoms. The molecule has 0 saturated carbocycles. The third kappa shape index (κ3) is 3.33. The number of benzene rings is 1. The molecule has 0 bridgehead atoms. The largest absolute Gasteiger partial charge is 0.468 e. The molecule has 1 unspecified atom stereocenters. The molecule has 1 atom stereocenters. The van der Waals surface area contributed by atoms with Gasteiger partial charge in [-0.25, -0.2) is 4.79 Å². The van der Waals surface area contributed by atoms with E-state index in [1.54, 1.807) is 0 Å². The van der Waals surface area contributed by atoms with Crippen molar-refractivity contribution in [1.29, 1.82) is 0 Å². The fourth-order valence-corrected chi connectivity index (χ4v) is 2.37. The Morgan fingerprint density at radius 3 is 1.94 bits per heavy atom. The quantitative estimate of drug-likeness (QED) is 0.751. The summed E-state index contributed by atoms with van der Waals surface area (Å²) in [5.74, 6) is -0.205. The molecular formula is C15H23NO2. The summed E-state index contributed by atoms with van der Waals surface area (Å²) >= 11 is 0. The van der Waals surface area contributed by atoms with E-state index in [1.807, 2.05) is 30.3 Å². The lowest BCUT2D eigenvalue weighted by Crippen LogP contribution is -2.43. The van der Waals surface area contributed by atoms with Crippen LogP contribution in [0, 0.1) is 0 Å². The molecule has 0 aliphatic carbocycles. The Morgan fingerprint density at radius 1 is 1.06 bits per heavy atom. The Balaban J connectivity index is 3.16. The van der Waals surface area contributed by atoms with Crippen molar-refractivity contribution < 1.29 is 9.53 Å². The van der Waals surface area contributed by atoms with Crippen LogP contribution < -0.4 is 0 Å². The molecule has 0 aliphatic rings. The minimum Gasteiger partial charge on any atom is -0.468 e. The molecule has 1 aromatic carbocycles. The molecule has 1 rings (SSSR count). The first kappa shape index (κ1) is 14.7. The summed E-state index contributed by atoms with van der Waals surface area (Å²) in [5.41, 5.74) is 0.978. The van der Waals surface area contributed by atoms with E-state index in [0.29, 0.717) is 0 Å². The first-order valence-electron chi connectivity index (χ1n) is 6.39. The number of hydrogen-bond acceptors (Lipinski definition) is 3. The van der Waals surface area contributed by atoms with Crippen LogP contribution in [-0.4, -0.2) is 30.1 Å². The highest BCUT2D eigenvalue weighted by atomic mass is 16.5. The van der Waals surface area contributed by atoms with Crippen LogP contribution in [0.3, 0.4) is 0 Å². The van der Waals surface area contributed by atoms with Crippen LogP contribution in [0.1, 0.15) is 39.3 Å². The second kappa shape index (κ2) is 6.55. The number of carbonyl (C=O) groups excluding carboxylic acids is 1. The molecule has 3 nitrogen and oxygen atoms in total. The van der Waals surface area contributed by atoms with Crippen molar-refractivity contribution >= 4 is 5.97 Å². The maximum atomic E-state index is 12.1. The highest BCUT2D eigenvalue weighted by Crippen LogP contribution is 2.26. The molecule has 0 fully saturated rings. The number of methoxy groups -OCH3 is 1. The van der Waals surface area contributed by atoms with E-state index in [-0.39, 0.29) is 24.1 Å². The van der Waals surface area contributed by atoms with E-state index in [1.165, 1.54) is 7.11 Å². The first-order chi connectivity index (χ1) is 8.49. The normalized spacial score (nSPS) is 13.1. The van der Waals surface area contributed by atoms with Gasteiger partial charge in [-0.15, -0.1) is 0 Å². The lowest BCUT2D eigenvalue weighted by Gasteiger charge is -2.36. The average Bonchev–Trinajstić information content (AvgIpc) is 2.34. The predicted octanol–water partition coefficient (Wildman–Crippen LogP) is 3.02. The highest BCUT2D eigenvalue weighted by molar-refractivity contribution is 5.77. The van der Waals surface area contributed by atoms with Gasteiger partial charge in [0.25, 0.3) is 0 Å². The topological polar surface area (TPSA) is 29.5 Å². The number of hydrogen-bond donors (Lipinski definition) is 0. The summed E-state index contributed by atoms with van der Waals surface area (Å²) in [6, 6.07) is 10.00. The van der Waals surface area contributed by atoms with E-state index in [0.717, 1.165) is 5.56 Å². The molecule has 100 valence electrons. The summed E-state index contributed by atoms with van der Waals surface area (Å²) in [6.07, 6.45) is 0. The summed E-state index contributed by atoms with van der Waals surface area (Å²) in [7, 11) is 1.44. The Hall–Kier alpha value is -1.35. The van der Waals surface area contributed by atoms with E-state index in [9.17, 15) is 4.79 Å². The number of nitrogens with zero attached hydrogens (tertiary/aromatic N) is 1. The lowest BCUT2D eigenvalue weighted by molar-refractivity contribution is -0.149. The molecule has 1 aromatic rings. The number of rotatable bonds is 5. The van der Waals surface area contributed by atoms with Gasteiger partial charge in [-0.05, 0) is 33.3 Å². The standard InChI is InChI=1S/C15H23NO2/c1-11(2)16(12(3)4)14(15(17)18-5)13-9-7-6-8-10-13/h6-12,14H,1-5H3. The van der Waals surface area contributed by atoms with Crippen molar-refractivity contribution in [3.63, 3.8) is 0 Å². The number of ether oxygens (including phenoxy) is 1. The van der Waals surface area contributed by atoms with Crippen molar-refractivity contribution in [2.75, 3.05) is 7.11 Å². The minimum atomic E-state index is -0.337. The monoisotopic (exact) mass is 249 g/mol. The zero-order chi connectivity index (χ0) is 13.7. The second-order valence-electron chi connectivity index (χ2n) is 4.97. The van der Waals surface area contributed by atoms with E-state index >= 15 is 0 Å². The third-order valence-electron chi connectivity index (χ3n) is 3.03. The van der Waals surface area contributed by atoms with Gasteiger partial charge in [0.15, 0.2) is 0 Å². The predicted molar refractivity (Wildman–Crippen MR) is 73.3 cm³/mol. The second-order valence-corrected chi connectivity index (χ2v) is 4.97. The van der Waals surface area contributed by atoms with Crippen LogP contribution in [0.25, 0.3) is 0 Å². The molecule has 0 aliphatic heterocycles. The molecule has 0 radical (unpaired) electrons. The van der Waals surface area contributed by atoms with Crippen LogP contribution in [0.2, 0.25) is 0 Å². The average molecular weight is 249 g/mol. The highest BCUT2D eigenvalue weighted by Gasteiger charge is 2.31. The van der Waals surface area contributed by atoms with Crippen molar-refractivity contribution in [2.24, 2.45) is 0 Å². The van der Waals surface area contributed by atoms with Crippen LogP contribution in [0.5, 0.6) is 0 Å². The van der Waals surface area contributed by atoms with Gasteiger partial charge in [-0.1, -0.05) is 30.3 Å². The van der Waals surface area contributed by atoms with Gasteiger partial charge in [0, 0.05) is 12.1 Å². The van der Waals surface area contributed by atoms with Gasteiger partial charge in [-0.2, -0.15) is 0 Å². The fraction of sp³-hybridized carbons (Fsp3) is 0.533. The molecule has 0 N–H and O–H groups in total. The maximum absolute atomic E-state index is 12.1. The van der Waals surface area contributed by atoms with Crippen LogP contribution in [0.4, 0.5) is 0 Å². The third-order valence-corrected chi connectivity index (χ3v) is 3.03. The summed E-state index contributed by atoms with van der Waals surface area (Å²) in [5, 5.41) is 0. The Morgan fingerprint density at radius 2 is 1.56 bits per heavy atom. The van der Waals surface area contributed by atoms with Gasteiger partial charge < -0.3 is 4.74 Å². The zero-order valence-corrected chi connectivity index (χ0v) is 11.9. The lowest BCUT2D eigenvalue weighted by atomic mass is 10.0. The molecule has 0 aromatic heterocycles. The molecule has 3 heteroatoms. The smallest absolute Gasteiger partial charge is 0.327 e. The van der Waals surface area contributed by atoms with E-state index in [2.05, 4.69) is 32.6 Å². The van der Waals surface area contributed by atoms with Crippen LogP contribution in [-0.2, 0) is 9.53 Å². The zero-order valence-electron chi connectivity index (χ0n) is 11.9. The van der Waals surface area contributed by atoms with Crippen molar-refractivity contribution in [2.45, 2.75) is 45.8 Å². The summed E-state index contributed by atoms with van der Waals surface area (Å²) in [6.45, 7) is 8.38. The van der Waals surface area contributed by atoms with Gasteiger partial charge in [-0.3, -0.25) is 4.90 Å².